The van der Waals surface area contributed by atoms with E-state index in [9.17, 15) is 0 Å². The van der Waals surface area contributed by atoms with Gasteiger partial charge in [0.25, 0.3) is 0 Å². The van der Waals surface area contributed by atoms with Gasteiger partial charge in [-0.1, -0.05) is 49.1 Å². The number of rotatable bonds is 6. The van der Waals surface area contributed by atoms with Crippen molar-refractivity contribution in [3.8, 4) is 0 Å². The molecule has 1 unspecified atom stereocenters. The molecule has 0 radical (unpaired) electrons. The van der Waals surface area contributed by atoms with Gasteiger partial charge in [-0.15, -0.1) is 0 Å². The van der Waals surface area contributed by atoms with Crippen molar-refractivity contribution in [3.63, 3.8) is 0 Å². The maximum absolute atomic E-state index is 5.84. The molecule has 0 amide bonds. The topological polar surface area (TPSA) is 38.0 Å². The standard InChI is InChI=1S/C15H24N2/c1-12-5-7-14(8-6-12)15(11-16)17-10-9-13-3-2-4-13/h5-8,13,15,17H,2-4,9-11,16H2,1H3. The van der Waals surface area contributed by atoms with E-state index in [1.54, 1.807) is 0 Å². The first-order chi connectivity index (χ1) is 8.29. The van der Waals surface area contributed by atoms with Gasteiger partial charge in [-0.25, -0.2) is 0 Å². The summed E-state index contributed by atoms with van der Waals surface area (Å²) in [6.45, 7) is 3.89. The third kappa shape index (κ3) is 3.55. The van der Waals surface area contributed by atoms with Crippen LogP contribution in [0.2, 0.25) is 0 Å². The van der Waals surface area contributed by atoms with Gasteiger partial charge < -0.3 is 11.1 Å². The van der Waals surface area contributed by atoms with E-state index in [0.717, 1.165) is 12.5 Å². The van der Waals surface area contributed by atoms with Crippen LogP contribution in [0.4, 0.5) is 0 Å². The molecule has 1 aromatic carbocycles. The van der Waals surface area contributed by atoms with Crippen LogP contribution in [-0.2, 0) is 0 Å². The van der Waals surface area contributed by atoms with Crippen molar-refractivity contribution in [2.45, 2.75) is 38.6 Å². The normalized spacial score (nSPS) is 17.8. The van der Waals surface area contributed by atoms with Crippen molar-refractivity contribution in [2.24, 2.45) is 11.7 Å². The molecule has 0 heterocycles. The zero-order valence-corrected chi connectivity index (χ0v) is 10.8. The molecule has 1 aromatic rings. The fourth-order valence-electron chi connectivity index (χ4n) is 2.38. The molecular weight excluding hydrogens is 208 g/mol. The summed E-state index contributed by atoms with van der Waals surface area (Å²) in [5.41, 5.74) is 8.46. The van der Waals surface area contributed by atoms with Gasteiger partial charge in [-0.05, 0) is 31.4 Å². The molecule has 2 rings (SSSR count). The van der Waals surface area contributed by atoms with E-state index >= 15 is 0 Å². The van der Waals surface area contributed by atoms with Crippen LogP contribution in [0.3, 0.4) is 0 Å². The summed E-state index contributed by atoms with van der Waals surface area (Å²) in [5, 5.41) is 3.58. The van der Waals surface area contributed by atoms with Crippen LogP contribution in [0.25, 0.3) is 0 Å². The third-order valence-electron chi connectivity index (χ3n) is 3.88. The molecule has 94 valence electrons. The number of aryl methyl sites for hydroxylation is 1. The van der Waals surface area contributed by atoms with Gasteiger partial charge in [0.15, 0.2) is 0 Å². The molecule has 1 saturated carbocycles. The number of nitrogens with one attached hydrogen (secondary N) is 1. The van der Waals surface area contributed by atoms with Crippen molar-refractivity contribution < 1.29 is 0 Å². The van der Waals surface area contributed by atoms with Crippen LogP contribution in [0.15, 0.2) is 24.3 Å². The van der Waals surface area contributed by atoms with Crippen molar-refractivity contribution in [1.82, 2.24) is 5.32 Å². The largest absolute Gasteiger partial charge is 0.329 e. The lowest BCUT2D eigenvalue weighted by Gasteiger charge is -2.26. The van der Waals surface area contributed by atoms with Gasteiger partial charge in [0.05, 0.1) is 0 Å². The Labute approximate surface area is 105 Å². The molecule has 0 aliphatic heterocycles. The molecule has 1 fully saturated rings. The van der Waals surface area contributed by atoms with Crippen molar-refractivity contribution in [3.05, 3.63) is 35.4 Å². The average molecular weight is 232 g/mol. The zero-order valence-electron chi connectivity index (χ0n) is 10.8. The predicted octanol–water partition coefficient (Wildman–Crippen LogP) is 2.77. The molecule has 0 aromatic heterocycles. The van der Waals surface area contributed by atoms with Crippen LogP contribution in [0, 0.1) is 12.8 Å². The van der Waals surface area contributed by atoms with Crippen molar-refractivity contribution >= 4 is 0 Å². The molecule has 2 nitrogen and oxygen atoms in total. The Morgan fingerprint density at radius 2 is 2.00 bits per heavy atom. The van der Waals surface area contributed by atoms with Gasteiger partial charge in [0.2, 0.25) is 0 Å². The van der Waals surface area contributed by atoms with Crippen LogP contribution in [0.5, 0.6) is 0 Å². The average Bonchev–Trinajstić information content (AvgIpc) is 2.29. The minimum Gasteiger partial charge on any atom is -0.329 e. The zero-order chi connectivity index (χ0) is 12.1. The van der Waals surface area contributed by atoms with E-state index in [0.29, 0.717) is 12.6 Å². The lowest BCUT2D eigenvalue weighted by atomic mass is 9.83. The van der Waals surface area contributed by atoms with Crippen LogP contribution in [0.1, 0.15) is 42.9 Å². The number of nitrogens with two attached hydrogens (primary N) is 1. The van der Waals surface area contributed by atoms with E-state index in [4.69, 9.17) is 5.73 Å². The second-order valence-corrected chi connectivity index (χ2v) is 5.24. The molecule has 0 bridgehead atoms. The second kappa shape index (κ2) is 6.18. The van der Waals surface area contributed by atoms with E-state index in [1.807, 2.05) is 0 Å². The van der Waals surface area contributed by atoms with Crippen LogP contribution >= 0.6 is 0 Å². The quantitative estimate of drug-likeness (QED) is 0.791. The molecule has 1 atom stereocenters. The van der Waals surface area contributed by atoms with Crippen LogP contribution < -0.4 is 11.1 Å². The fraction of sp³-hybridized carbons (Fsp3) is 0.600. The highest BCUT2D eigenvalue weighted by Gasteiger charge is 2.17. The summed E-state index contributed by atoms with van der Waals surface area (Å²) in [7, 11) is 0. The summed E-state index contributed by atoms with van der Waals surface area (Å²) >= 11 is 0. The number of benzene rings is 1. The van der Waals surface area contributed by atoms with Crippen LogP contribution in [-0.4, -0.2) is 13.1 Å². The molecule has 1 aliphatic rings. The highest BCUT2D eigenvalue weighted by molar-refractivity contribution is 5.24. The van der Waals surface area contributed by atoms with E-state index in [-0.39, 0.29) is 0 Å². The van der Waals surface area contributed by atoms with Gasteiger partial charge in [-0.2, -0.15) is 0 Å². The van der Waals surface area contributed by atoms with Gasteiger partial charge in [0, 0.05) is 12.6 Å². The SMILES string of the molecule is Cc1ccc(C(CN)NCCC2CCC2)cc1. The molecule has 1 aliphatic carbocycles. The summed E-state index contributed by atoms with van der Waals surface area (Å²) in [4.78, 5) is 0. The van der Waals surface area contributed by atoms with Gasteiger partial charge in [-0.3, -0.25) is 0 Å². The number of hydrogen-bond donors (Lipinski definition) is 2. The summed E-state index contributed by atoms with van der Waals surface area (Å²) in [6.07, 6.45) is 5.60. The Balaban J connectivity index is 1.80. The Bertz CT molecular complexity index is 327. The Hall–Kier alpha value is -0.860. The molecule has 2 heteroatoms. The first-order valence-corrected chi connectivity index (χ1v) is 6.79. The predicted molar refractivity (Wildman–Crippen MR) is 72.9 cm³/mol. The van der Waals surface area contributed by atoms with E-state index in [1.165, 1.54) is 36.8 Å². The molecule has 0 spiro atoms. The van der Waals surface area contributed by atoms with Crippen molar-refractivity contribution in [2.75, 3.05) is 13.1 Å². The molecule has 17 heavy (non-hydrogen) atoms. The minimum atomic E-state index is 0.315. The highest BCUT2D eigenvalue weighted by Crippen LogP contribution is 2.29. The molecular formula is C15H24N2. The van der Waals surface area contributed by atoms with Gasteiger partial charge >= 0.3 is 0 Å². The van der Waals surface area contributed by atoms with Gasteiger partial charge in [0.1, 0.15) is 0 Å². The third-order valence-corrected chi connectivity index (χ3v) is 3.88. The Morgan fingerprint density at radius 3 is 2.53 bits per heavy atom. The van der Waals surface area contributed by atoms with E-state index < -0.39 is 0 Å². The Kier molecular flexibility index (Phi) is 4.57. The molecule has 3 N–H and O–H groups in total. The summed E-state index contributed by atoms with van der Waals surface area (Å²) in [5.74, 6) is 0.971. The fourth-order valence-corrected chi connectivity index (χ4v) is 2.38. The Morgan fingerprint density at radius 1 is 1.29 bits per heavy atom. The number of hydrogen-bond acceptors (Lipinski definition) is 2. The molecule has 0 saturated heterocycles. The first kappa shape index (κ1) is 12.6. The minimum absolute atomic E-state index is 0.315. The monoisotopic (exact) mass is 232 g/mol. The second-order valence-electron chi connectivity index (χ2n) is 5.24. The van der Waals surface area contributed by atoms with Crippen molar-refractivity contribution in [1.29, 1.82) is 0 Å². The smallest absolute Gasteiger partial charge is 0.0444 e. The summed E-state index contributed by atoms with van der Waals surface area (Å²) < 4.78 is 0. The highest BCUT2D eigenvalue weighted by atomic mass is 14.9. The summed E-state index contributed by atoms with van der Waals surface area (Å²) in [6, 6.07) is 9.00. The lowest BCUT2D eigenvalue weighted by molar-refractivity contribution is 0.288. The van der Waals surface area contributed by atoms with E-state index in [2.05, 4.69) is 36.5 Å². The first-order valence-electron chi connectivity index (χ1n) is 6.79. The maximum Gasteiger partial charge on any atom is 0.0444 e. The maximum atomic E-state index is 5.84. The lowest BCUT2D eigenvalue weighted by Crippen LogP contribution is -2.30.